The van der Waals surface area contributed by atoms with E-state index in [4.69, 9.17) is 15.2 Å². The third kappa shape index (κ3) is 3.72. The summed E-state index contributed by atoms with van der Waals surface area (Å²) in [5.41, 5.74) is 5.72. The quantitative estimate of drug-likeness (QED) is 0.877. The maximum atomic E-state index is 12.9. The van der Waals surface area contributed by atoms with E-state index in [2.05, 4.69) is 5.32 Å². The summed E-state index contributed by atoms with van der Waals surface area (Å²) < 4.78 is 11.3. The SMILES string of the molecule is NC(=O)NC[C@@H]1CCCCN1C(=O)c1ccc2c(c1)OCCCO2. The molecule has 7 nitrogen and oxygen atoms in total. The largest absolute Gasteiger partial charge is 0.490 e. The summed E-state index contributed by atoms with van der Waals surface area (Å²) in [6.45, 7) is 2.26. The number of nitrogens with one attached hydrogen (secondary N) is 1. The highest BCUT2D eigenvalue weighted by molar-refractivity contribution is 5.95. The third-order valence-corrected chi connectivity index (χ3v) is 4.39. The molecule has 0 spiro atoms. The summed E-state index contributed by atoms with van der Waals surface area (Å²) in [6, 6.07) is 4.70. The van der Waals surface area contributed by atoms with Crippen LogP contribution in [-0.2, 0) is 0 Å². The summed E-state index contributed by atoms with van der Waals surface area (Å²) in [5.74, 6) is 1.23. The molecule has 0 aromatic heterocycles. The van der Waals surface area contributed by atoms with E-state index in [1.54, 1.807) is 18.2 Å². The molecule has 1 fully saturated rings. The molecule has 0 aliphatic carbocycles. The van der Waals surface area contributed by atoms with Gasteiger partial charge in [0.15, 0.2) is 11.5 Å². The Labute approximate surface area is 141 Å². The first-order valence-electron chi connectivity index (χ1n) is 8.39. The van der Waals surface area contributed by atoms with Crippen LogP contribution in [0.1, 0.15) is 36.0 Å². The number of carbonyl (C=O) groups is 2. The van der Waals surface area contributed by atoms with Crippen LogP contribution in [0.5, 0.6) is 11.5 Å². The summed E-state index contributed by atoms with van der Waals surface area (Å²) in [7, 11) is 0. The van der Waals surface area contributed by atoms with Crippen LogP contribution in [0.4, 0.5) is 4.79 Å². The van der Waals surface area contributed by atoms with Crippen molar-refractivity contribution in [3.63, 3.8) is 0 Å². The Morgan fingerprint density at radius 3 is 2.75 bits per heavy atom. The third-order valence-electron chi connectivity index (χ3n) is 4.39. The highest BCUT2D eigenvalue weighted by Gasteiger charge is 2.28. The van der Waals surface area contributed by atoms with Crippen LogP contribution in [0.2, 0.25) is 0 Å². The van der Waals surface area contributed by atoms with Crippen molar-refractivity contribution in [1.82, 2.24) is 10.2 Å². The summed E-state index contributed by atoms with van der Waals surface area (Å²) in [5, 5.41) is 2.61. The van der Waals surface area contributed by atoms with Crippen LogP contribution in [0, 0.1) is 0 Å². The smallest absolute Gasteiger partial charge is 0.312 e. The van der Waals surface area contributed by atoms with Crippen molar-refractivity contribution in [3.8, 4) is 11.5 Å². The Morgan fingerprint density at radius 2 is 1.96 bits per heavy atom. The Bertz CT molecular complexity index is 620. The van der Waals surface area contributed by atoms with Gasteiger partial charge in [-0.05, 0) is 37.5 Å². The minimum atomic E-state index is -0.566. The molecule has 7 heteroatoms. The van der Waals surface area contributed by atoms with Gasteiger partial charge in [0.1, 0.15) is 0 Å². The van der Waals surface area contributed by atoms with E-state index >= 15 is 0 Å². The van der Waals surface area contributed by atoms with Gasteiger partial charge in [0.2, 0.25) is 0 Å². The second-order valence-corrected chi connectivity index (χ2v) is 6.11. The van der Waals surface area contributed by atoms with Crippen LogP contribution in [0.15, 0.2) is 18.2 Å². The number of hydrogen-bond donors (Lipinski definition) is 2. The van der Waals surface area contributed by atoms with Crippen molar-refractivity contribution in [2.45, 2.75) is 31.7 Å². The van der Waals surface area contributed by atoms with Crippen molar-refractivity contribution < 1.29 is 19.1 Å². The van der Waals surface area contributed by atoms with Crippen LogP contribution in [-0.4, -0.2) is 49.2 Å². The van der Waals surface area contributed by atoms with Crippen molar-refractivity contribution in [1.29, 1.82) is 0 Å². The van der Waals surface area contributed by atoms with Crippen molar-refractivity contribution >= 4 is 11.9 Å². The number of hydrogen-bond acceptors (Lipinski definition) is 4. The van der Waals surface area contributed by atoms with Crippen LogP contribution in [0.3, 0.4) is 0 Å². The van der Waals surface area contributed by atoms with Gasteiger partial charge >= 0.3 is 6.03 Å². The number of likely N-dealkylation sites (tertiary alicyclic amines) is 1. The molecule has 0 saturated carbocycles. The molecule has 0 unspecified atom stereocenters. The number of primary amides is 1. The lowest BCUT2D eigenvalue weighted by Gasteiger charge is -2.36. The van der Waals surface area contributed by atoms with E-state index in [9.17, 15) is 9.59 Å². The molecule has 2 heterocycles. The number of amides is 3. The molecule has 130 valence electrons. The van der Waals surface area contributed by atoms with Gasteiger partial charge in [-0.15, -0.1) is 0 Å². The number of fused-ring (bicyclic) bond motifs is 1. The fourth-order valence-corrected chi connectivity index (χ4v) is 3.16. The summed E-state index contributed by atoms with van der Waals surface area (Å²) >= 11 is 0. The minimum Gasteiger partial charge on any atom is -0.490 e. The Morgan fingerprint density at radius 1 is 1.17 bits per heavy atom. The van der Waals surface area contributed by atoms with E-state index < -0.39 is 6.03 Å². The predicted octanol–water partition coefficient (Wildman–Crippen LogP) is 1.51. The monoisotopic (exact) mass is 333 g/mol. The van der Waals surface area contributed by atoms with Gasteiger partial charge in [0, 0.05) is 31.1 Å². The van der Waals surface area contributed by atoms with Gasteiger partial charge in [-0.2, -0.15) is 0 Å². The fraction of sp³-hybridized carbons (Fsp3) is 0.529. The average Bonchev–Trinajstić information content (AvgIpc) is 2.84. The highest BCUT2D eigenvalue weighted by atomic mass is 16.5. The van der Waals surface area contributed by atoms with Gasteiger partial charge in [-0.3, -0.25) is 4.79 Å². The summed E-state index contributed by atoms with van der Waals surface area (Å²) in [6.07, 6.45) is 3.68. The average molecular weight is 333 g/mol. The van der Waals surface area contributed by atoms with E-state index in [1.165, 1.54) is 0 Å². The molecule has 1 atom stereocenters. The molecule has 3 amide bonds. The van der Waals surface area contributed by atoms with Crippen LogP contribution < -0.4 is 20.5 Å². The second kappa shape index (κ2) is 7.42. The minimum absolute atomic E-state index is 0.0327. The zero-order chi connectivity index (χ0) is 16.9. The van der Waals surface area contributed by atoms with E-state index in [0.29, 0.717) is 43.4 Å². The number of ether oxygens (including phenoxy) is 2. The van der Waals surface area contributed by atoms with Crippen LogP contribution in [0.25, 0.3) is 0 Å². The van der Waals surface area contributed by atoms with Gasteiger partial charge < -0.3 is 25.4 Å². The van der Waals surface area contributed by atoms with Crippen molar-refractivity contribution in [2.24, 2.45) is 5.73 Å². The number of piperidine rings is 1. The molecule has 1 saturated heterocycles. The molecule has 1 aromatic rings. The number of rotatable bonds is 3. The lowest BCUT2D eigenvalue weighted by Crippen LogP contribution is -2.50. The molecule has 1 aromatic carbocycles. The Hall–Kier alpha value is -2.44. The van der Waals surface area contributed by atoms with Crippen molar-refractivity contribution in [2.75, 3.05) is 26.3 Å². The fourth-order valence-electron chi connectivity index (χ4n) is 3.16. The number of benzene rings is 1. The first-order chi connectivity index (χ1) is 11.6. The van der Waals surface area contributed by atoms with Gasteiger partial charge in [0.05, 0.1) is 13.2 Å². The molecule has 0 radical (unpaired) electrons. The Kier molecular flexibility index (Phi) is 5.08. The predicted molar refractivity (Wildman–Crippen MR) is 88.3 cm³/mol. The molecular weight excluding hydrogens is 310 g/mol. The second-order valence-electron chi connectivity index (χ2n) is 6.11. The summed E-state index contributed by atoms with van der Waals surface area (Å²) in [4.78, 5) is 25.7. The first kappa shape index (κ1) is 16.4. The molecule has 3 N–H and O–H groups in total. The number of urea groups is 1. The topological polar surface area (TPSA) is 93.9 Å². The number of nitrogens with zero attached hydrogens (tertiary/aromatic N) is 1. The highest BCUT2D eigenvalue weighted by Crippen LogP contribution is 2.31. The van der Waals surface area contributed by atoms with Gasteiger partial charge in [-0.25, -0.2) is 4.79 Å². The molecule has 3 rings (SSSR count). The van der Waals surface area contributed by atoms with E-state index in [-0.39, 0.29) is 11.9 Å². The molecule has 24 heavy (non-hydrogen) atoms. The molecular formula is C17H23N3O4. The van der Waals surface area contributed by atoms with Gasteiger partial charge in [0.25, 0.3) is 5.91 Å². The van der Waals surface area contributed by atoms with Crippen molar-refractivity contribution in [3.05, 3.63) is 23.8 Å². The number of nitrogens with two attached hydrogens (primary N) is 1. The van der Waals surface area contributed by atoms with Crippen LogP contribution >= 0.6 is 0 Å². The van der Waals surface area contributed by atoms with E-state index in [0.717, 1.165) is 25.7 Å². The maximum absolute atomic E-state index is 12.9. The molecule has 0 bridgehead atoms. The zero-order valence-electron chi connectivity index (χ0n) is 13.6. The maximum Gasteiger partial charge on any atom is 0.312 e. The Balaban J connectivity index is 1.76. The molecule has 2 aliphatic heterocycles. The molecule has 2 aliphatic rings. The lowest BCUT2D eigenvalue weighted by atomic mass is 10.0. The van der Waals surface area contributed by atoms with E-state index in [1.807, 2.05) is 4.90 Å². The standard InChI is InChI=1S/C17H23N3O4/c18-17(22)19-11-13-4-1-2-7-20(13)16(21)12-5-6-14-15(10-12)24-9-3-8-23-14/h5-6,10,13H,1-4,7-9,11H2,(H3,18,19,22)/t13-/m0/s1. The zero-order valence-corrected chi connectivity index (χ0v) is 13.6. The normalized spacial score (nSPS) is 20.2. The van der Waals surface area contributed by atoms with Gasteiger partial charge in [-0.1, -0.05) is 0 Å². The number of carbonyl (C=O) groups excluding carboxylic acids is 2. The lowest BCUT2D eigenvalue weighted by molar-refractivity contribution is 0.0614. The first-order valence-corrected chi connectivity index (χ1v) is 8.39.